The lowest BCUT2D eigenvalue weighted by atomic mass is 9.92. The molecular formula is C28H30N4O7. The Hall–Kier alpha value is -4.06. The van der Waals surface area contributed by atoms with Gasteiger partial charge in [0.1, 0.15) is 13.2 Å². The van der Waals surface area contributed by atoms with Gasteiger partial charge in [-0.15, -0.1) is 0 Å². The van der Waals surface area contributed by atoms with Gasteiger partial charge in [0.15, 0.2) is 11.5 Å². The molecule has 5 rings (SSSR count). The number of nitrogens with zero attached hydrogens (tertiary/aromatic N) is 4. The highest BCUT2D eigenvalue weighted by molar-refractivity contribution is 6.36. The zero-order chi connectivity index (χ0) is 27.5. The van der Waals surface area contributed by atoms with Crippen LogP contribution in [0.3, 0.4) is 0 Å². The number of hydrogen-bond acceptors (Lipinski definition) is 9. The van der Waals surface area contributed by atoms with Crippen LogP contribution in [0, 0.1) is 10.1 Å². The Bertz CT molecular complexity index is 1400. The van der Waals surface area contributed by atoms with Crippen molar-refractivity contribution in [2.75, 3.05) is 71.6 Å². The Balaban J connectivity index is 1.48. The Morgan fingerprint density at radius 2 is 1.38 bits per heavy atom. The summed E-state index contributed by atoms with van der Waals surface area (Å²) < 4.78 is 17.8. The minimum Gasteiger partial charge on any atom is -0.488 e. The quantitative estimate of drug-likeness (QED) is 0.278. The Morgan fingerprint density at radius 1 is 0.769 bits per heavy atom. The molecule has 11 heteroatoms. The molecule has 0 bridgehead atoms. The van der Waals surface area contributed by atoms with Crippen LogP contribution in [0.1, 0.15) is 20.7 Å². The first-order valence-electron chi connectivity index (χ1n) is 12.8. The van der Waals surface area contributed by atoms with Gasteiger partial charge in [0.2, 0.25) is 0 Å². The smallest absolute Gasteiger partial charge is 0.277 e. The van der Waals surface area contributed by atoms with E-state index in [2.05, 4.69) is 9.80 Å². The van der Waals surface area contributed by atoms with Gasteiger partial charge < -0.3 is 24.0 Å². The van der Waals surface area contributed by atoms with Crippen molar-refractivity contribution in [1.29, 1.82) is 0 Å². The second-order valence-electron chi connectivity index (χ2n) is 9.61. The Kier molecular flexibility index (Phi) is 7.73. The standard InChI is InChI=1S/C28H30N4O7/c1-29-10-14-37-15-11-30(2)13-17-39-25-18-19(6-9-24(25)38-16-12-29)31-27(33)21-5-3-4-20-23(32(35)36)8-7-22(26(20)21)28(31)34/h3-9,18H,10-17H2,1-2H3. The van der Waals surface area contributed by atoms with Crippen LogP contribution >= 0.6 is 0 Å². The second kappa shape index (κ2) is 11.4. The first-order chi connectivity index (χ1) is 18.8. The number of nitro benzene ring substituents is 1. The maximum absolute atomic E-state index is 13.6. The van der Waals surface area contributed by atoms with Gasteiger partial charge in [0.05, 0.1) is 29.2 Å². The van der Waals surface area contributed by atoms with E-state index < -0.39 is 16.7 Å². The van der Waals surface area contributed by atoms with Crippen molar-refractivity contribution in [3.63, 3.8) is 0 Å². The number of anilines is 1. The number of rotatable bonds is 2. The van der Waals surface area contributed by atoms with E-state index in [1.54, 1.807) is 36.4 Å². The summed E-state index contributed by atoms with van der Waals surface area (Å²) >= 11 is 0. The van der Waals surface area contributed by atoms with E-state index in [1.807, 2.05) is 14.1 Å². The molecule has 0 saturated carbocycles. The largest absolute Gasteiger partial charge is 0.488 e. The summed E-state index contributed by atoms with van der Waals surface area (Å²) in [4.78, 5) is 43.5. The van der Waals surface area contributed by atoms with E-state index in [1.165, 1.54) is 12.1 Å². The normalized spacial score (nSPS) is 18.1. The zero-order valence-corrected chi connectivity index (χ0v) is 21.9. The van der Waals surface area contributed by atoms with Gasteiger partial charge in [0, 0.05) is 54.8 Å². The topological polar surface area (TPSA) is 115 Å². The molecule has 0 atom stereocenters. The van der Waals surface area contributed by atoms with Crippen LogP contribution in [0.4, 0.5) is 11.4 Å². The SMILES string of the molecule is CN1CCOCCN(C)CCOc2cc(N3C(=O)c4cccc5c([N+](=O)[O-])ccc(c45)C3=O)ccc2OCC1. The number of hydrogen-bond donors (Lipinski definition) is 0. The monoisotopic (exact) mass is 534 g/mol. The third-order valence-corrected chi connectivity index (χ3v) is 6.96. The molecule has 39 heavy (non-hydrogen) atoms. The number of imide groups is 1. The average molecular weight is 535 g/mol. The summed E-state index contributed by atoms with van der Waals surface area (Å²) in [5, 5.41) is 12.1. The van der Waals surface area contributed by atoms with E-state index in [0.29, 0.717) is 62.1 Å². The molecule has 0 N–H and O–H groups in total. The third-order valence-electron chi connectivity index (χ3n) is 6.96. The maximum Gasteiger partial charge on any atom is 0.277 e. The predicted molar refractivity (Wildman–Crippen MR) is 145 cm³/mol. The van der Waals surface area contributed by atoms with Crippen molar-refractivity contribution in [3.05, 3.63) is 69.8 Å². The molecule has 0 spiro atoms. The van der Waals surface area contributed by atoms with Crippen LogP contribution in [0.25, 0.3) is 10.8 Å². The number of nitro groups is 1. The summed E-state index contributed by atoms with van der Waals surface area (Å²) in [7, 11) is 3.98. The molecule has 0 aromatic heterocycles. The van der Waals surface area contributed by atoms with Gasteiger partial charge in [-0.25, -0.2) is 4.90 Å². The highest BCUT2D eigenvalue weighted by Crippen LogP contribution is 2.39. The van der Waals surface area contributed by atoms with E-state index in [-0.39, 0.29) is 22.2 Å². The lowest BCUT2D eigenvalue weighted by Crippen LogP contribution is -2.40. The molecule has 11 nitrogen and oxygen atoms in total. The van der Waals surface area contributed by atoms with Crippen molar-refractivity contribution < 1.29 is 28.7 Å². The number of likely N-dealkylation sites (N-methyl/N-ethyl adjacent to an activating group) is 2. The molecule has 2 heterocycles. The van der Waals surface area contributed by atoms with Gasteiger partial charge in [-0.1, -0.05) is 6.07 Å². The number of amides is 2. The van der Waals surface area contributed by atoms with Crippen molar-refractivity contribution in [2.24, 2.45) is 0 Å². The summed E-state index contributed by atoms with van der Waals surface area (Å²) in [5.41, 5.74) is 0.626. The molecule has 0 fully saturated rings. The third kappa shape index (κ3) is 5.42. The highest BCUT2D eigenvalue weighted by atomic mass is 16.6. The molecule has 204 valence electrons. The van der Waals surface area contributed by atoms with Gasteiger partial charge in [-0.3, -0.25) is 19.7 Å². The molecule has 3 aromatic rings. The van der Waals surface area contributed by atoms with Crippen molar-refractivity contribution in [1.82, 2.24) is 9.80 Å². The van der Waals surface area contributed by atoms with Crippen LogP contribution in [0.2, 0.25) is 0 Å². The molecule has 0 radical (unpaired) electrons. The minimum atomic E-state index is -0.557. The van der Waals surface area contributed by atoms with Gasteiger partial charge in [0.25, 0.3) is 17.5 Å². The summed E-state index contributed by atoms with van der Waals surface area (Å²) in [6.45, 7) is 4.91. The van der Waals surface area contributed by atoms with Crippen molar-refractivity contribution >= 4 is 34.0 Å². The maximum atomic E-state index is 13.6. The number of benzene rings is 3. The molecule has 2 aliphatic heterocycles. The second-order valence-corrected chi connectivity index (χ2v) is 9.61. The predicted octanol–water partition coefficient (Wildman–Crippen LogP) is 3.20. The summed E-state index contributed by atoms with van der Waals surface area (Å²) in [6, 6.07) is 12.4. The van der Waals surface area contributed by atoms with Crippen molar-refractivity contribution in [3.8, 4) is 11.5 Å². The Morgan fingerprint density at radius 3 is 2.05 bits per heavy atom. The van der Waals surface area contributed by atoms with Gasteiger partial charge in [-0.05, 0) is 44.4 Å². The molecule has 0 aliphatic carbocycles. The highest BCUT2D eigenvalue weighted by Gasteiger charge is 2.36. The molecular weight excluding hydrogens is 504 g/mol. The lowest BCUT2D eigenvalue weighted by molar-refractivity contribution is -0.383. The average Bonchev–Trinajstić information content (AvgIpc) is 2.92. The van der Waals surface area contributed by atoms with E-state index >= 15 is 0 Å². The zero-order valence-electron chi connectivity index (χ0n) is 21.9. The number of carbonyl (C=O) groups is 2. The minimum absolute atomic E-state index is 0.153. The summed E-state index contributed by atoms with van der Waals surface area (Å²) in [6.07, 6.45) is 0. The first kappa shape index (κ1) is 26.5. The molecule has 2 amide bonds. The molecule has 3 aromatic carbocycles. The van der Waals surface area contributed by atoms with Crippen LogP contribution < -0.4 is 14.4 Å². The van der Waals surface area contributed by atoms with Crippen LogP contribution in [0.15, 0.2) is 48.5 Å². The number of carbonyl (C=O) groups excluding carboxylic acids is 2. The molecule has 0 saturated heterocycles. The fourth-order valence-corrected chi connectivity index (χ4v) is 4.73. The van der Waals surface area contributed by atoms with Gasteiger partial charge >= 0.3 is 0 Å². The van der Waals surface area contributed by atoms with Crippen LogP contribution in [0.5, 0.6) is 11.5 Å². The van der Waals surface area contributed by atoms with Gasteiger partial charge in [-0.2, -0.15) is 0 Å². The van der Waals surface area contributed by atoms with E-state index in [9.17, 15) is 19.7 Å². The summed E-state index contributed by atoms with van der Waals surface area (Å²) in [5.74, 6) is -0.185. The fraction of sp³-hybridized carbons (Fsp3) is 0.357. The van der Waals surface area contributed by atoms with Crippen LogP contribution in [-0.4, -0.2) is 93.2 Å². The van der Waals surface area contributed by atoms with E-state index in [4.69, 9.17) is 14.2 Å². The van der Waals surface area contributed by atoms with Crippen molar-refractivity contribution in [2.45, 2.75) is 0 Å². The van der Waals surface area contributed by atoms with Crippen LogP contribution in [-0.2, 0) is 4.74 Å². The fourth-order valence-electron chi connectivity index (χ4n) is 4.73. The molecule has 2 aliphatic rings. The molecule has 0 unspecified atom stereocenters. The number of ether oxygens (including phenoxy) is 3. The van der Waals surface area contributed by atoms with E-state index in [0.717, 1.165) is 18.0 Å². The number of non-ortho nitro benzene ring substituents is 1. The number of fused-ring (bicyclic) bond motifs is 1. The Labute approximate surface area is 225 Å². The first-order valence-corrected chi connectivity index (χ1v) is 12.8. The lowest BCUT2D eigenvalue weighted by Gasteiger charge is -2.28.